The Hall–Kier alpha value is -3.65. The first-order valence-electron chi connectivity index (χ1n) is 12.6. The van der Waals surface area contributed by atoms with Crippen molar-refractivity contribution in [1.82, 2.24) is 0 Å². The van der Waals surface area contributed by atoms with Crippen LogP contribution >= 0.6 is 0 Å². The minimum absolute atomic E-state index is 0.167. The molecule has 3 aromatic rings. The summed E-state index contributed by atoms with van der Waals surface area (Å²) < 4.78 is 27.6. The maximum Gasteiger partial charge on any atom is 0.344 e. The quantitative estimate of drug-likeness (QED) is 0.217. The smallest absolute Gasteiger partial charge is 0.344 e. The van der Waals surface area contributed by atoms with Crippen molar-refractivity contribution in [3.63, 3.8) is 0 Å². The van der Waals surface area contributed by atoms with Gasteiger partial charge in [0.25, 0.3) is 0 Å². The number of carbonyl (C=O) groups is 2. The molecule has 39 heavy (non-hydrogen) atoms. The molecule has 0 N–H and O–H groups in total. The highest BCUT2D eigenvalue weighted by atomic mass is 32.2. The van der Waals surface area contributed by atoms with E-state index >= 15 is 0 Å². The summed E-state index contributed by atoms with van der Waals surface area (Å²) in [5, 5.41) is 0. The molecule has 0 saturated carbocycles. The standard InChI is InChI=1S/C31H37O7S/c1-30(2,3)37-28(32)20-35-22-12-16-24(17-13-22)39(27-11-9-8-10-26(27)34-7)25-18-14-23(15-19-25)36-21-29(33)38-31(4,5)6/h8-19H,20-21H2,1-7H3/q+1. The number of carbonyl (C=O) groups excluding carboxylic acids is 2. The van der Waals surface area contributed by atoms with E-state index in [-0.39, 0.29) is 13.2 Å². The third-order valence-corrected chi connectivity index (χ3v) is 7.23. The summed E-state index contributed by atoms with van der Waals surface area (Å²) in [6, 6.07) is 23.2. The first-order chi connectivity index (χ1) is 18.3. The molecule has 3 aromatic carbocycles. The second-order valence-corrected chi connectivity index (χ2v) is 12.6. The number of methoxy groups -OCH3 is 1. The highest BCUT2D eigenvalue weighted by molar-refractivity contribution is 7.97. The van der Waals surface area contributed by atoms with Gasteiger partial charge in [0.1, 0.15) is 33.6 Å². The van der Waals surface area contributed by atoms with Crippen molar-refractivity contribution in [1.29, 1.82) is 0 Å². The number of hydrogen-bond donors (Lipinski definition) is 0. The van der Waals surface area contributed by atoms with Gasteiger partial charge in [-0.05, 0) is 102 Å². The van der Waals surface area contributed by atoms with E-state index in [4.69, 9.17) is 23.7 Å². The highest BCUT2D eigenvalue weighted by Crippen LogP contribution is 2.37. The Labute approximate surface area is 233 Å². The average Bonchev–Trinajstić information content (AvgIpc) is 2.86. The second kappa shape index (κ2) is 12.9. The van der Waals surface area contributed by atoms with Gasteiger partial charge in [0.05, 0.1) is 7.11 Å². The zero-order chi connectivity index (χ0) is 28.6. The minimum Gasteiger partial charge on any atom is -0.491 e. The predicted octanol–water partition coefficient (Wildman–Crippen LogP) is 6.23. The third kappa shape index (κ3) is 9.55. The van der Waals surface area contributed by atoms with Crippen LogP contribution in [0.3, 0.4) is 0 Å². The third-order valence-electron chi connectivity index (χ3n) is 4.96. The van der Waals surface area contributed by atoms with Crippen molar-refractivity contribution < 1.29 is 33.3 Å². The molecule has 8 heteroatoms. The minimum atomic E-state index is -0.566. The molecule has 0 unspecified atom stereocenters. The van der Waals surface area contributed by atoms with Gasteiger partial charge in [-0.3, -0.25) is 0 Å². The molecule has 0 fully saturated rings. The van der Waals surface area contributed by atoms with Crippen molar-refractivity contribution in [2.24, 2.45) is 0 Å². The van der Waals surface area contributed by atoms with Crippen LogP contribution in [-0.2, 0) is 30.0 Å². The zero-order valence-electron chi connectivity index (χ0n) is 23.6. The predicted molar refractivity (Wildman–Crippen MR) is 151 cm³/mol. The fourth-order valence-electron chi connectivity index (χ4n) is 3.55. The van der Waals surface area contributed by atoms with Crippen LogP contribution in [0.2, 0.25) is 0 Å². The van der Waals surface area contributed by atoms with Crippen LogP contribution in [0.25, 0.3) is 0 Å². The molecule has 0 aliphatic carbocycles. The Morgan fingerprint density at radius 2 is 1.05 bits per heavy atom. The molecule has 0 amide bonds. The molecule has 208 valence electrons. The monoisotopic (exact) mass is 553 g/mol. The number of benzene rings is 3. The van der Waals surface area contributed by atoms with Crippen LogP contribution in [0.15, 0.2) is 87.5 Å². The molecule has 7 nitrogen and oxygen atoms in total. The van der Waals surface area contributed by atoms with Gasteiger partial charge in [-0.2, -0.15) is 0 Å². The van der Waals surface area contributed by atoms with Crippen molar-refractivity contribution in [3.05, 3.63) is 72.8 Å². The lowest BCUT2D eigenvalue weighted by Gasteiger charge is -2.19. The number of ether oxygens (including phenoxy) is 5. The Balaban J connectivity index is 1.81. The van der Waals surface area contributed by atoms with Crippen molar-refractivity contribution >= 4 is 22.8 Å². The molecule has 0 aliphatic rings. The summed E-state index contributed by atoms with van der Waals surface area (Å²) in [6.45, 7) is 10.6. The van der Waals surface area contributed by atoms with Gasteiger partial charge in [-0.15, -0.1) is 0 Å². The van der Waals surface area contributed by atoms with E-state index in [1.165, 1.54) is 0 Å². The van der Waals surface area contributed by atoms with Gasteiger partial charge in [-0.1, -0.05) is 12.1 Å². The van der Waals surface area contributed by atoms with Gasteiger partial charge >= 0.3 is 11.9 Å². The van der Waals surface area contributed by atoms with E-state index in [1.54, 1.807) is 7.11 Å². The first-order valence-corrected chi connectivity index (χ1v) is 13.8. The molecule has 0 atom stereocenters. The topological polar surface area (TPSA) is 80.3 Å². The Bertz CT molecular complexity index is 1160. The van der Waals surface area contributed by atoms with E-state index in [0.717, 1.165) is 20.4 Å². The fourth-order valence-corrected chi connectivity index (χ4v) is 5.71. The summed E-state index contributed by atoms with van der Waals surface area (Å²) in [4.78, 5) is 27.1. The lowest BCUT2D eigenvalue weighted by atomic mass is 10.2. The molecule has 0 aliphatic heterocycles. The molecule has 0 aromatic heterocycles. The largest absolute Gasteiger partial charge is 0.491 e. The lowest BCUT2D eigenvalue weighted by Crippen LogP contribution is -2.27. The maximum absolute atomic E-state index is 12.0. The van der Waals surface area contributed by atoms with Crippen molar-refractivity contribution in [2.45, 2.75) is 67.4 Å². The van der Waals surface area contributed by atoms with Gasteiger partial charge in [0, 0.05) is 0 Å². The highest BCUT2D eigenvalue weighted by Gasteiger charge is 2.32. The molecule has 0 saturated heterocycles. The van der Waals surface area contributed by atoms with Crippen molar-refractivity contribution in [2.75, 3.05) is 20.3 Å². The Kier molecular flexibility index (Phi) is 9.92. The SMILES string of the molecule is COc1ccccc1[S+](c1ccc(OCC(=O)OC(C)(C)C)cc1)c1ccc(OCC(=O)OC(C)(C)C)cc1. The molecule has 0 bridgehead atoms. The van der Waals surface area contributed by atoms with Crippen LogP contribution in [-0.4, -0.2) is 43.5 Å². The van der Waals surface area contributed by atoms with Gasteiger partial charge < -0.3 is 23.7 Å². The Morgan fingerprint density at radius 1 is 0.641 bits per heavy atom. The zero-order valence-corrected chi connectivity index (χ0v) is 24.4. The molecule has 0 spiro atoms. The van der Waals surface area contributed by atoms with Gasteiger partial charge in [0.2, 0.25) is 4.90 Å². The number of para-hydroxylation sites is 1. The van der Waals surface area contributed by atoms with Crippen molar-refractivity contribution in [3.8, 4) is 17.2 Å². The summed E-state index contributed by atoms with van der Waals surface area (Å²) in [6.07, 6.45) is 0. The summed E-state index contributed by atoms with van der Waals surface area (Å²) in [5.41, 5.74) is -1.13. The van der Waals surface area contributed by atoms with Gasteiger partial charge in [0.15, 0.2) is 28.8 Å². The molecular weight excluding hydrogens is 516 g/mol. The molecule has 0 radical (unpaired) electrons. The number of rotatable bonds is 10. The second-order valence-electron chi connectivity index (χ2n) is 10.7. The van der Waals surface area contributed by atoms with E-state index in [9.17, 15) is 9.59 Å². The van der Waals surface area contributed by atoms with E-state index in [2.05, 4.69) is 0 Å². The summed E-state index contributed by atoms with van der Waals surface area (Å²) in [7, 11) is 1.14. The summed E-state index contributed by atoms with van der Waals surface area (Å²) in [5.74, 6) is 1.07. The lowest BCUT2D eigenvalue weighted by molar-refractivity contribution is -0.158. The first kappa shape index (κ1) is 29.9. The number of hydrogen-bond acceptors (Lipinski definition) is 7. The fraction of sp³-hybridized carbons (Fsp3) is 0.355. The van der Waals surface area contributed by atoms with E-state index < -0.39 is 34.0 Å². The van der Waals surface area contributed by atoms with Crippen LogP contribution in [0.1, 0.15) is 41.5 Å². The Morgan fingerprint density at radius 3 is 1.44 bits per heavy atom. The maximum atomic E-state index is 12.0. The normalized spacial score (nSPS) is 11.6. The molecular formula is C31H37O7S+. The number of esters is 2. The summed E-state index contributed by atoms with van der Waals surface area (Å²) >= 11 is 0. The molecule has 0 heterocycles. The van der Waals surface area contributed by atoms with E-state index in [1.807, 2.05) is 114 Å². The van der Waals surface area contributed by atoms with Crippen LogP contribution in [0.4, 0.5) is 0 Å². The molecule has 3 rings (SSSR count). The van der Waals surface area contributed by atoms with Crippen LogP contribution in [0, 0.1) is 0 Å². The van der Waals surface area contributed by atoms with Gasteiger partial charge in [-0.25, -0.2) is 9.59 Å². The van der Waals surface area contributed by atoms with Crippen LogP contribution in [0.5, 0.6) is 17.2 Å². The average molecular weight is 554 g/mol. The van der Waals surface area contributed by atoms with Crippen LogP contribution < -0.4 is 14.2 Å². The van der Waals surface area contributed by atoms with E-state index in [0.29, 0.717) is 11.5 Å².